The van der Waals surface area contributed by atoms with Crippen molar-refractivity contribution in [3.63, 3.8) is 0 Å². The van der Waals surface area contributed by atoms with E-state index in [1.54, 1.807) is 0 Å². The quantitative estimate of drug-likeness (QED) is 0.129. The Balaban J connectivity index is 1.57. The number of hydrogen-bond donors (Lipinski definition) is 3. The monoisotopic (exact) mass is 501 g/mol. The van der Waals surface area contributed by atoms with E-state index < -0.39 is 18.2 Å². The van der Waals surface area contributed by atoms with Crippen LogP contribution in [0.5, 0.6) is 0 Å². The molecule has 3 N–H and O–H groups in total. The first-order chi connectivity index (χ1) is 16.6. The molecule has 0 fully saturated rings. The highest BCUT2D eigenvalue weighted by Gasteiger charge is 2.23. The summed E-state index contributed by atoms with van der Waals surface area (Å²) >= 11 is 2.82. The predicted molar refractivity (Wildman–Crippen MR) is 139 cm³/mol. The van der Waals surface area contributed by atoms with Crippen LogP contribution in [0.3, 0.4) is 0 Å². The van der Waals surface area contributed by atoms with Crippen molar-refractivity contribution in [1.29, 1.82) is 0 Å². The Labute approximate surface area is 208 Å². The van der Waals surface area contributed by atoms with Crippen LogP contribution in [-0.2, 0) is 9.53 Å². The zero-order chi connectivity index (χ0) is 24.2. The van der Waals surface area contributed by atoms with E-state index in [4.69, 9.17) is 9.84 Å². The van der Waals surface area contributed by atoms with E-state index in [0.717, 1.165) is 45.2 Å². The van der Waals surface area contributed by atoms with Crippen molar-refractivity contribution in [1.82, 2.24) is 10.3 Å². The number of benzene rings is 2. The molecular weight excluding hydrogens is 470 g/mol. The number of aromatic nitrogens is 1. The average molecular weight is 502 g/mol. The van der Waals surface area contributed by atoms with Gasteiger partial charge in [0.25, 0.3) is 5.91 Å². The number of anilines is 2. The van der Waals surface area contributed by atoms with Crippen LogP contribution in [-0.4, -0.2) is 40.6 Å². The highest BCUT2D eigenvalue weighted by atomic mass is 32.2. The van der Waals surface area contributed by atoms with E-state index in [1.165, 1.54) is 42.4 Å². The summed E-state index contributed by atoms with van der Waals surface area (Å²) in [6.45, 7) is 2.69. The number of unbranched alkanes of at least 4 members (excludes halogenated alkanes) is 5. The molecule has 0 saturated carbocycles. The number of hydrogen-bond acceptors (Lipinski definition) is 7. The van der Waals surface area contributed by atoms with Crippen LogP contribution in [0.4, 0.5) is 16.2 Å². The zero-order valence-corrected chi connectivity index (χ0v) is 20.9. The third kappa shape index (κ3) is 8.22. The smallest absolute Gasteiger partial charge is 0.450 e. The van der Waals surface area contributed by atoms with Gasteiger partial charge < -0.3 is 20.5 Å². The van der Waals surface area contributed by atoms with E-state index in [1.807, 2.05) is 48.5 Å². The lowest BCUT2D eigenvalue weighted by Crippen LogP contribution is -2.39. The van der Waals surface area contributed by atoms with Gasteiger partial charge in [-0.2, -0.15) is 0 Å². The number of thiazole rings is 1. The summed E-state index contributed by atoms with van der Waals surface area (Å²) in [5.41, 5.74) is 2.77. The lowest BCUT2D eigenvalue weighted by Gasteiger charge is -2.15. The number of thioether (sulfide) groups is 1. The molecule has 9 heteroatoms. The molecule has 3 rings (SSSR count). The van der Waals surface area contributed by atoms with Crippen LogP contribution < -0.4 is 10.6 Å². The number of amides is 1. The van der Waals surface area contributed by atoms with Crippen LogP contribution in [0, 0.1) is 0 Å². The Bertz CT molecular complexity index is 1060. The molecule has 1 aromatic heterocycles. The van der Waals surface area contributed by atoms with E-state index >= 15 is 0 Å². The fraction of sp³-hybridized carbons (Fsp3) is 0.400. The Morgan fingerprint density at radius 1 is 1.06 bits per heavy atom. The lowest BCUT2D eigenvalue weighted by molar-refractivity contribution is -0.129. The first-order valence-corrected chi connectivity index (χ1v) is 13.4. The summed E-state index contributed by atoms with van der Waals surface area (Å²) in [5, 5.41) is 15.3. The second-order valence-corrected chi connectivity index (χ2v) is 10.1. The van der Waals surface area contributed by atoms with Gasteiger partial charge in [0, 0.05) is 18.0 Å². The van der Waals surface area contributed by atoms with Gasteiger partial charge in [0.15, 0.2) is 10.4 Å². The summed E-state index contributed by atoms with van der Waals surface area (Å²) in [7, 11) is 0. The Kier molecular flexibility index (Phi) is 10.5. The molecule has 0 saturated heterocycles. The van der Waals surface area contributed by atoms with Crippen molar-refractivity contribution in [2.45, 2.75) is 55.9 Å². The maximum atomic E-state index is 12.5. The SMILES string of the molecule is CCCCCCCCNC(=O)C(CSc1nc2cccc(Nc3ccccc3)c2s1)OC(=O)O. The second kappa shape index (κ2) is 13.8. The van der Waals surface area contributed by atoms with Crippen molar-refractivity contribution >= 4 is 56.8 Å². The first-order valence-electron chi connectivity index (χ1n) is 11.6. The van der Waals surface area contributed by atoms with E-state index in [2.05, 4.69) is 22.5 Å². The van der Waals surface area contributed by atoms with Gasteiger partial charge in [-0.15, -0.1) is 11.3 Å². The molecule has 0 aliphatic carbocycles. The molecule has 3 aromatic rings. The van der Waals surface area contributed by atoms with Gasteiger partial charge in [-0.3, -0.25) is 4.79 Å². The molecule has 2 aromatic carbocycles. The van der Waals surface area contributed by atoms with Crippen molar-refractivity contribution in [3.8, 4) is 0 Å². The number of carboxylic acid groups (broad SMARTS) is 1. The minimum absolute atomic E-state index is 0.163. The number of rotatable bonds is 14. The summed E-state index contributed by atoms with van der Waals surface area (Å²) in [5.74, 6) is -0.244. The van der Waals surface area contributed by atoms with Crippen molar-refractivity contribution in [2.75, 3.05) is 17.6 Å². The van der Waals surface area contributed by atoms with Crippen LogP contribution in [0.15, 0.2) is 52.9 Å². The van der Waals surface area contributed by atoms with Crippen molar-refractivity contribution < 1.29 is 19.4 Å². The molecule has 0 aliphatic heterocycles. The fourth-order valence-corrected chi connectivity index (χ4v) is 5.56. The molecule has 1 unspecified atom stereocenters. The molecule has 0 spiro atoms. The van der Waals surface area contributed by atoms with E-state index in [9.17, 15) is 9.59 Å². The van der Waals surface area contributed by atoms with Crippen molar-refractivity contribution in [3.05, 3.63) is 48.5 Å². The molecule has 0 bridgehead atoms. The number of carbonyl (C=O) groups is 2. The van der Waals surface area contributed by atoms with Gasteiger partial charge in [-0.25, -0.2) is 9.78 Å². The summed E-state index contributed by atoms with van der Waals surface area (Å²) in [6, 6.07) is 15.8. The second-order valence-electron chi connectivity index (χ2n) is 7.87. The predicted octanol–water partition coefficient (Wildman–Crippen LogP) is 6.67. The standard InChI is InChI=1S/C25H31N3O4S2/c1-2-3-4-5-6-10-16-26-23(29)21(32-25(30)31)17-33-24-28-20-15-11-14-19(22(20)34-24)27-18-12-8-7-9-13-18/h7-9,11-15,21,27H,2-6,10,16-17H2,1H3,(H,26,29)(H,30,31). The van der Waals surface area contributed by atoms with Gasteiger partial charge in [0.05, 0.1) is 15.9 Å². The molecule has 34 heavy (non-hydrogen) atoms. The molecule has 182 valence electrons. The number of nitrogens with zero attached hydrogens (tertiary/aromatic N) is 1. The maximum absolute atomic E-state index is 12.5. The van der Waals surface area contributed by atoms with Crippen LogP contribution in [0.25, 0.3) is 10.2 Å². The zero-order valence-electron chi connectivity index (χ0n) is 19.3. The molecule has 1 amide bonds. The highest BCUT2D eigenvalue weighted by molar-refractivity contribution is 8.01. The number of nitrogens with one attached hydrogen (secondary N) is 2. The van der Waals surface area contributed by atoms with Gasteiger partial charge in [-0.05, 0) is 30.7 Å². The maximum Gasteiger partial charge on any atom is 0.506 e. The topological polar surface area (TPSA) is 101 Å². The number of carbonyl (C=O) groups excluding carboxylic acids is 1. The van der Waals surface area contributed by atoms with Gasteiger partial charge in [0.2, 0.25) is 0 Å². The average Bonchev–Trinajstić information content (AvgIpc) is 3.25. The third-order valence-corrected chi connectivity index (χ3v) is 7.48. The number of para-hydroxylation sites is 1. The summed E-state index contributed by atoms with van der Waals surface area (Å²) < 4.78 is 6.62. The molecule has 1 heterocycles. The van der Waals surface area contributed by atoms with Gasteiger partial charge in [-0.1, -0.05) is 75.1 Å². The number of ether oxygens (including phenoxy) is 1. The van der Waals surface area contributed by atoms with E-state index in [0.29, 0.717) is 6.54 Å². The van der Waals surface area contributed by atoms with Crippen LogP contribution >= 0.6 is 23.1 Å². The van der Waals surface area contributed by atoms with Crippen LogP contribution in [0.2, 0.25) is 0 Å². The molecule has 1 atom stereocenters. The lowest BCUT2D eigenvalue weighted by atomic mass is 10.1. The summed E-state index contributed by atoms with van der Waals surface area (Å²) in [6.07, 6.45) is 4.15. The summed E-state index contributed by atoms with van der Waals surface area (Å²) in [4.78, 5) is 28.3. The normalized spacial score (nSPS) is 11.8. The highest BCUT2D eigenvalue weighted by Crippen LogP contribution is 2.35. The molecule has 0 aliphatic rings. The fourth-order valence-electron chi connectivity index (χ4n) is 3.43. The minimum Gasteiger partial charge on any atom is -0.450 e. The van der Waals surface area contributed by atoms with Gasteiger partial charge >= 0.3 is 6.16 Å². The largest absolute Gasteiger partial charge is 0.506 e. The first kappa shape index (κ1) is 25.8. The third-order valence-electron chi connectivity index (χ3n) is 5.17. The number of fused-ring (bicyclic) bond motifs is 1. The molecular formula is C25H31N3O4S2. The Morgan fingerprint density at radius 2 is 1.82 bits per heavy atom. The van der Waals surface area contributed by atoms with Crippen molar-refractivity contribution in [2.24, 2.45) is 0 Å². The van der Waals surface area contributed by atoms with Crippen LogP contribution in [0.1, 0.15) is 45.4 Å². The van der Waals surface area contributed by atoms with E-state index in [-0.39, 0.29) is 5.75 Å². The molecule has 7 nitrogen and oxygen atoms in total. The Hall–Kier alpha value is -2.78. The van der Waals surface area contributed by atoms with Gasteiger partial charge in [0.1, 0.15) is 0 Å². The minimum atomic E-state index is -1.46. The Morgan fingerprint density at radius 3 is 2.59 bits per heavy atom. The molecule has 0 radical (unpaired) electrons.